The van der Waals surface area contributed by atoms with E-state index in [1.165, 1.54) is 64.2 Å². The lowest BCUT2D eigenvalue weighted by molar-refractivity contribution is -0.634. The van der Waals surface area contributed by atoms with Crippen LogP contribution in [0.1, 0.15) is 90.9 Å². The van der Waals surface area contributed by atoms with Gasteiger partial charge in [0.05, 0.1) is 13.2 Å². The fourth-order valence-electron chi connectivity index (χ4n) is 1.99. The van der Waals surface area contributed by atoms with Gasteiger partial charge in [0, 0.05) is 0 Å². The lowest BCUT2D eigenvalue weighted by Gasteiger charge is -2.03. The maximum atomic E-state index is 4.85. The summed E-state index contributed by atoms with van der Waals surface area (Å²) in [6.45, 7) is 5.57. The molecule has 20 heavy (non-hydrogen) atoms. The molecular weight excluding hydrogens is 256 g/mol. The fourth-order valence-corrected chi connectivity index (χ4v) is 1.99. The van der Waals surface area contributed by atoms with Crippen molar-refractivity contribution < 1.29 is 19.9 Å². The van der Waals surface area contributed by atoms with E-state index in [1.807, 2.05) is 0 Å². The highest BCUT2D eigenvalue weighted by Gasteiger charge is 1.95. The largest absolute Gasteiger partial charge is 0.204 e. The van der Waals surface area contributed by atoms with Crippen LogP contribution in [0.5, 0.6) is 0 Å². The molecular formula is C16H34O4. The molecule has 0 unspecified atom stereocenters. The molecule has 0 amide bonds. The highest BCUT2D eigenvalue weighted by atomic mass is 17.7. The van der Waals surface area contributed by atoms with Crippen molar-refractivity contribution in [2.24, 2.45) is 0 Å². The van der Waals surface area contributed by atoms with Crippen LogP contribution in [0, 0.1) is 0 Å². The molecule has 0 aliphatic rings. The fraction of sp³-hybridized carbons (Fsp3) is 1.00. The van der Waals surface area contributed by atoms with E-state index in [1.54, 1.807) is 0 Å². The van der Waals surface area contributed by atoms with E-state index >= 15 is 0 Å². The van der Waals surface area contributed by atoms with Crippen LogP contribution in [-0.4, -0.2) is 13.2 Å². The van der Waals surface area contributed by atoms with Gasteiger partial charge in [-0.15, -0.1) is 0 Å². The molecule has 0 N–H and O–H groups in total. The average Bonchev–Trinajstić information content (AvgIpc) is 2.47. The molecule has 0 atom stereocenters. The van der Waals surface area contributed by atoms with Gasteiger partial charge in [-0.25, -0.2) is 9.78 Å². The minimum Gasteiger partial charge on any atom is -0.204 e. The third kappa shape index (κ3) is 17.8. The summed E-state index contributed by atoms with van der Waals surface area (Å²) >= 11 is 0. The van der Waals surface area contributed by atoms with Crippen LogP contribution >= 0.6 is 0 Å². The Kier molecular flexibility index (Phi) is 18.7. The Morgan fingerprint density at radius 3 is 1.20 bits per heavy atom. The van der Waals surface area contributed by atoms with Crippen molar-refractivity contribution in [1.29, 1.82) is 0 Å². The Labute approximate surface area is 124 Å². The second kappa shape index (κ2) is 18.8. The zero-order valence-corrected chi connectivity index (χ0v) is 13.5. The normalized spacial score (nSPS) is 11.1. The molecule has 0 bridgehead atoms. The summed E-state index contributed by atoms with van der Waals surface area (Å²) in [6, 6.07) is 0. The molecule has 0 spiro atoms. The monoisotopic (exact) mass is 290 g/mol. The highest BCUT2D eigenvalue weighted by molar-refractivity contribution is 4.42. The van der Waals surface area contributed by atoms with Gasteiger partial charge in [0.25, 0.3) is 0 Å². The first-order valence-corrected chi connectivity index (χ1v) is 8.49. The molecule has 0 fully saturated rings. The highest BCUT2D eigenvalue weighted by Crippen LogP contribution is 2.06. The second-order valence-corrected chi connectivity index (χ2v) is 5.32. The molecule has 0 radical (unpaired) electrons. The number of rotatable bonds is 17. The summed E-state index contributed by atoms with van der Waals surface area (Å²) in [7, 11) is 0. The van der Waals surface area contributed by atoms with Gasteiger partial charge in [0.2, 0.25) is 0 Å². The first-order valence-electron chi connectivity index (χ1n) is 8.49. The van der Waals surface area contributed by atoms with Gasteiger partial charge < -0.3 is 0 Å². The smallest absolute Gasteiger partial charge is 0.0854 e. The van der Waals surface area contributed by atoms with E-state index in [2.05, 4.69) is 23.9 Å². The Balaban J connectivity index is 2.89. The van der Waals surface area contributed by atoms with Crippen LogP contribution in [0.3, 0.4) is 0 Å². The van der Waals surface area contributed by atoms with Gasteiger partial charge in [-0.2, -0.15) is 0 Å². The van der Waals surface area contributed by atoms with Gasteiger partial charge in [-0.3, -0.25) is 0 Å². The average molecular weight is 290 g/mol. The number of unbranched alkanes of at least 4 members (excludes halogenated alkanes) is 10. The topological polar surface area (TPSA) is 36.9 Å². The van der Waals surface area contributed by atoms with E-state index < -0.39 is 0 Å². The lowest BCUT2D eigenvalue weighted by atomic mass is 10.1. The zero-order chi connectivity index (χ0) is 14.7. The second-order valence-electron chi connectivity index (χ2n) is 5.32. The molecule has 0 saturated carbocycles. The summed E-state index contributed by atoms with van der Waals surface area (Å²) in [4.78, 5) is 9.71. The standard InChI is InChI=1S/C16H34O4/c1-3-5-7-9-11-13-15-17-19-20-18-16-14-12-10-8-6-4-2/h3-16H2,1-2H3. The van der Waals surface area contributed by atoms with E-state index in [-0.39, 0.29) is 0 Å². The third-order valence-electron chi connectivity index (χ3n) is 3.29. The van der Waals surface area contributed by atoms with E-state index in [9.17, 15) is 0 Å². The van der Waals surface area contributed by atoms with Crippen molar-refractivity contribution >= 4 is 0 Å². The molecule has 0 aromatic carbocycles. The molecule has 0 saturated heterocycles. The SMILES string of the molecule is CCCCCCCCOOOOCCCCCCCC. The van der Waals surface area contributed by atoms with E-state index in [0.717, 1.165) is 12.8 Å². The quantitative estimate of drug-likeness (QED) is 0.201. The first kappa shape index (κ1) is 19.8. The molecule has 0 heterocycles. The van der Waals surface area contributed by atoms with Crippen molar-refractivity contribution in [3.05, 3.63) is 0 Å². The Bertz CT molecular complexity index is 147. The number of hydrogen-bond donors (Lipinski definition) is 0. The van der Waals surface area contributed by atoms with Crippen molar-refractivity contribution in [2.75, 3.05) is 13.2 Å². The van der Waals surface area contributed by atoms with Gasteiger partial charge in [0.1, 0.15) is 0 Å². The van der Waals surface area contributed by atoms with Crippen LogP contribution in [-0.2, 0) is 19.9 Å². The molecule has 122 valence electrons. The molecule has 4 heteroatoms. The van der Waals surface area contributed by atoms with Crippen LogP contribution < -0.4 is 0 Å². The molecule has 0 aliphatic carbocycles. The van der Waals surface area contributed by atoms with Crippen molar-refractivity contribution in [2.45, 2.75) is 90.9 Å². The van der Waals surface area contributed by atoms with Gasteiger partial charge in [0.15, 0.2) is 0 Å². The van der Waals surface area contributed by atoms with Crippen LogP contribution in [0.4, 0.5) is 0 Å². The summed E-state index contributed by atoms with van der Waals surface area (Å²) in [5.41, 5.74) is 0. The van der Waals surface area contributed by atoms with Crippen LogP contribution in [0.2, 0.25) is 0 Å². The summed E-state index contributed by atoms with van der Waals surface area (Å²) in [6.07, 6.45) is 14.8. The summed E-state index contributed by atoms with van der Waals surface area (Å²) in [5.74, 6) is 0. The molecule has 4 nitrogen and oxygen atoms in total. The predicted molar refractivity (Wildman–Crippen MR) is 80.8 cm³/mol. The van der Waals surface area contributed by atoms with Crippen LogP contribution in [0.25, 0.3) is 0 Å². The molecule has 0 aromatic heterocycles. The first-order chi connectivity index (χ1) is 9.91. The summed E-state index contributed by atoms with van der Waals surface area (Å²) in [5, 5.41) is 8.97. The van der Waals surface area contributed by atoms with Crippen molar-refractivity contribution in [3.8, 4) is 0 Å². The third-order valence-corrected chi connectivity index (χ3v) is 3.29. The Hall–Kier alpha value is -0.160. The minimum atomic E-state index is 0.562. The van der Waals surface area contributed by atoms with Gasteiger partial charge in [-0.05, 0) is 22.9 Å². The summed E-state index contributed by atoms with van der Waals surface area (Å²) < 4.78 is 0. The maximum Gasteiger partial charge on any atom is 0.0854 e. The van der Waals surface area contributed by atoms with E-state index in [0.29, 0.717) is 13.2 Å². The van der Waals surface area contributed by atoms with E-state index in [4.69, 9.17) is 9.78 Å². The van der Waals surface area contributed by atoms with Gasteiger partial charge in [-0.1, -0.05) is 78.1 Å². The van der Waals surface area contributed by atoms with Crippen LogP contribution in [0.15, 0.2) is 0 Å². The number of hydrogen-bond acceptors (Lipinski definition) is 4. The zero-order valence-electron chi connectivity index (χ0n) is 13.5. The molecule has 0 rings (SSSR count). The molecule has 0 aromatic rings. The Morgan fingerprint density at radius 1 is 0.450 bits per heavy atom. The molecule has 0 aliphatic heterocycles. The minimum absolute atomic E-state index is 0.562. The van der Waals surface area contributed by atoms with Gasteiger partial charge >= 0.3 is 0 Å². The van der Waals surface area contributed by atoms with Crippen molar-refractivity contribution in [1.82, 2.24) is 0 Å². The van der Waals surface area contributed by atoms with Crippen molar-refractivity contribution in [3.63, 3.8) is 0 Å². The Morgan fingerprint density at radius 2 is 0.800 bits per heavy atom. The maximum absolute atomic E-state index is 4.85. The predicted octanol–water partition coefficient (Wildman–Crippen LogP) is 5.52. The lowest BCUT2D eigenvalue weighted by Crippen LogP contribution is -2.01.